The fourth-order valence-electron chi connectivity index (χ4n) is 3.40. The van der Waals surface area contributed by atoms with Gasteiger partial charge in [-0.15, -0.1) is 0 Å². The molecule has 0 fully saturated rings. The highest BCUT2D eigenvalue weighted by atomic mass is 16.1. The number of hydrogen-bond donors (Lipinski definition) is 3. The molecule has 0 saturated heterocycles. The van der Waals surface area contributed by atoms with Gasteiger partial charge in [-0.1, -0.05) is 48.0 Å². The SMILES string of the molecule is Cc1cccc(CNc2ccc(C(=O)NCCc3c[nH]c4ccccc34)cn2)c1. The van der Waals surface area contributed by atoms with Crippen LogP contribution in [0.25, 0.3) is 10.9 Å². The standard InChI is InChI=1S/C24H24N4O/c1-17-5-4-6-18(13-17)14-27-23-10-9-20(16-28-23)24(29)25-12-11-19-15-26-22-8-3-2-7-21(19)22/h2-10,13,15-16,26H,11-12,14H2,1H3,(H,25,29)(H,27,28). The molecule has 0 spiro atoms. The van der Waals surface area contributed by atoms with Gasteiger partial charge in [0.2, 0.25) is 0 Å². The smallest absolute Gasteiger partial charge is 0.252 e. The molecule has 0 aliphatic carbocycles. The van der Waals surface area contributed by atoms with Crippen molar-refractivity contribution in [2.45, 2.75) is 19.9 Å². The van der Waals surface area contributed by atoms with Gasteiger partial charge >= 0.3 is 0 Å². The molecule has 2 heterocycles. The van der Waals surface area contributed by atoms with E-state index in [0.29, 0.717) is 18.7 Å². The molecular weight excluding hydrogens is 360 g/mol. The highest BCUT2D eigenvalue weighted by Gasteiger charge is 2.07. The fourth-order valence-corrected chi connectivity index (χ4v) is 3.40. The Labute approximate surface area is 170 Å². The molecule has 2 aromatic carbocycles. The molecule has 0 aliphatic heterocycles. The third kappa shape index (κ3) is 4.63. The third-order valence-corrected chi connectivity index (χ3v) is 4.94. The van der Waals surface area contributed by atoms with Gasteiger partial charge in [0.15, 0.2) is 0 Å². The number of benzene rings is 2. The van der Waals surface area contributed by atoms with Crippen LogP contribution >= 0.6 is 0 Å². The zero-order valence-electron chi connectivity index (χ0n) is 16.4. The molecule has 0 unspecified atom stereocenters. The Balaban J connectivity index is 1.28. The lowest BCUT2D eigenvalue weighted by molar-refractivity contribution is 0.0954. The van der Waals surface area contributed by atoms with E-state index in [2.05, 4.69) is 57.9 Å². The highest BCUT2D eigenvalue weighted by Crippen LogP contribution is 2.17. The molecule has 2 aromatic heterocycles. The Morgan fingerprint density at radius 3 is 2.79 bits per heavy atom. The van der Waals surface area contributed by atoms with E-state index in [1.807, 2.05) is 30.5 Å². The molecular formula is C24H24N4O. The first-order valence-electron chi connectivity index (χ1n) is 9.78. The summed E-state index contributed by atoms with van der Waals surface area (Å²) in [6, 6.07) is 20.2. The minimum atomic E-state index is -0.109. The summed E-state index contributed by atoms with van der Waals surface area (Å²) in [5.74, 6) is 0.643. The van der Waals surface area contributed by atoms with Crippen LogP contribution < -0.4 is 10.6 Å². The number of aromatic amines is 1. The molecule has 3 N–H and O–H groups in total. The molecule has 0 bridgehead atoms. The van der Waals surface area contributed by atoms with Crippen molar-refractivity contribution in [2.75, 3.05) is 11.9 Å². The predicted molar refractivity (Wildman–Crippen MR) is 117 cm³/mol. The van der Waals surface area contributed by atoms with Gasteiger partial charge in [-0.3, -0.25) is 4.79 Å². The fraction of sp³-hybridized carbons (Fsp3) is 0.167. The Morgan fingerprint density at radius 1 is 1.07 bits per heavy atom. The first kappa shape index (κ1) is 18.7. The summed E-state index contributed by atoms with van der Waals surface area (Å²) in [6.07, 6.45) is 4.39. The zero-order valence-corrected chi connectivity index (χ0v) is 16.4. The average Bonchev–Trinajstić information content (AvgIpc) is 3.16. The van der Waals surface area contributed by atoms with Crippen LogP contribution in [0.2, 0.25) is 0 Å². The molecule has 29 heavy (non-hydrogen) atoms. The van der Waals surface area contributed by atoms with Gasteiger partial charge < -0.3 is 15.6 Å². The van der Waals surface area contributed by atoms with Crippen molar-refractivity contribution < 1.29 is 4.79 Å². The second kappa shape index (κ2) is 8.61. The van der Waals surface area contributed by atoms with Crippen LogP contribution in [-0.4, -0.2) is 22.4 Å². The van der Waals surface area contributed by atoms with Gasteiger partial charge in [-0.25, -0.2) is 4.98 Å². The first-order chi connectivity index (χ1) is 14.2. The van der Waals surface area contributed by atoms with E-state index in [1.54, 1.807) is 12.3 Å². The second-order valence-electron chi connectivity index (χ2n) is 7.14. The molecule has 5 heteroatoms. The van der Waals surface area contributed by atoms with Gasteiger partial charge in [-0.05, 0) is 42.7 Å². The number of nitrogens with one attached hydrogen (secondary N) is 3. The van der Waals surface area contributed by atoms with Crippen molar-refractivity contribution in [3.8, 4) is 0 Å². The Kier molecular flexibility index (Phi) is 5.56. The van der Waals surface area contributed by atoms with Crippen LogP contribution in [0.15, 0.2) is 73.1 Å². The van der Waals surface area contributed by atoms with E-state index in [1.165, 1.54) is 22.1 Å². The molecule has 0 aliphatic rings. The van der Waals surface area contributed by atoms with Gasteiger partial charge in [0.1, 0.15) is 5.82 Å². The van der Waals surface area contributed by atoms with E-state index >= 15 is 0 Å². The van der Waals surface area contributed by atoms with Gasteiger partial charge in [0.25, 0.3) is 5.91 Å². The molecule has 146 valence electrons. The molecule has 5 nitrogen and oxygen atoms in total. The number of aryl methyl sites for hydroxylation is 1. The monoisotopic (exact) mass is 384 g/mol. The first-order valence-corrected chi connectivity index (χ1v) is 9.78. The van der Waals surface area contributed by atoms with Crippen LogP contribution in [0.1, 0.15) is 27.0 Å². The second-order valence-corrected chi connectivity index (χ2v) is 7.14. The maximum atomic E-state index is 12.4. The number of hydrogen-bond acceptors (Lipinski definition) is 3. The number of pyridine rings is 1. The highest BCUT2D eigenvalue weighted by molar-refractivity contribution is 5.94. The minimum Gasteiger partial charge on any atom is -0.366 e. The van der Waals surface area contributed by atoms with Crippen LogP contribution in [0.4, 0.5) is 5.82 Å². The van der Waals surface area contributed by atoms with Crippen molar-refractivity contribution >= 4 is 22.6 Å². The van der Waals surface area contributed by atoms with Gasteiger partial charge in [0.05, 0.1) is 5.56 Å². The van der Waals surface area contributed by atoms with E-state index in [9.17, 15) is 4.79 Å². The lowest BCUT2D eigenvalue weighted by Gasteiger charge is -2.08. The summed E-state index contributed by atoms with van der Waals surface area (Å²) in [6.45, 7) is 3.35. The minimum absolute atomic E-state index is 0.109. The number of carbonyl (C=O) groups is 1. The summed E-state index contributed by atoms with van der Waals surface area (Å²) in [4.78, 5) is 20.0. The van der Waals surface area contributed by atoms with Gasteiger partial charge in [-0.2, -0.15) is 0 Å². The molecule has 1 amide bonds. The molecule has 0 saturated carbocycles. The van der Waals surface area contributed by atoms with Crippen LogP contribution in [0.5, 0.6) is 0 Å². The maximum Gasteiger partial charge on any atom is 0.252 e. The zero-order chi connectivity index (χ0) is 20.1. The lowest BCUT2D eigenvalue weighted by atomic mass is 10.1. The van der Waals surface area contributed by atoms with E-state index in [-0.39, 0.29) is 5.91 Å². The summed E-state index contributed by atoms with van der Waals surface area (Å²) >= 11 is 0. The number of nitrogens with zero attached hydrogens (tertiary/aromatic N) is 1. The largest absolute Gasteiger partial charge is 0.366 e. The van der Waals surface area contributed by atoms with Gasteiger partial charge in [0, 0.05) is 36.4 Å². The van der Waals surface area contributed by atoms with Crippen molar-refractivity contribution in [1.82, 2.24) is 15.3 Å². The third-order valence-electron chi connectivity index (χ3n) is 4.94. The van der Waals surface area contributed by atoms with Crippen molar-refractivity contribution in [2.24, 2.45) is 0 Å². The maximum absolute atomic E-state index is 12.4. The van der Waals surface area contributed by atoms with Crippen LogP contribution in [-0.2, 0) is 13.0 Å². The van der Waals surface area contributed by atoms with Crippen molar-refractivity contribution in [3.63, 3.8) is 0 Å². The lowest BCUT2D eigenvalue weighted by Crippen LogP contribution is -2.25. The summed E-state index contributed by atoms with van der Waals surface area (Å²) in [5, 5.41) is 7.46. The summed E-state index contributed by atoms with van der Waals surface area (Å²) in [7, 11) is 0. The number of anilines is 1. The number of fused-ring (bicyclic) bond motifs is 1. The predicted octanol–water partition coefficient (Wildman–Crippen LogP) is 4.46. The number of H-pyrrole nitrogens is 1. The van der Waals surface area contributed by atoms with Crippen molar-refractivity contribution in [3.05, 3.63) is 95.3 Å². The molecule has 4 rings (SSSR count). The molecule has 4 aromatic rings. The number of para-hydroxylation sites is 1. The van der Waals surface area contributed by atoms with Crippen LogP contribution in [0, 0.1) is 6.92 Å². The number of aromatic nitrogens is 2. The number of carbonyl (C=O) groups excluding carboxylic acids is 1. The van der Waals surface area contributed by atoms with E-state index in [4.69, 9.17) is 0 Å². The summed E-state index contributed by atoms with van der Waals surface area (Å²) < 4.78 is 0. The Hall–Kier alpha value is -3.60. The summed E-state index contributed by atoms with van der Waals surface area (Å²) in [5.41, 5.74) is 5.31. The average molecular weight is 384 g/mol. The quantitative estimate of drug-likeness (QED) is 0.441. The molecule has 0 radical (unpaired) electrons. The Morgan fingerprint density at radius 2 is 1.97 bits per heavy atom. The van der Waals surface area contributed by atoms with Crippen LogP contribution in [0.3, 0.4) is 0 Å². The van der Waals surface area contributed by atoms with E-state index < -0.39 is 0 Å². The van der Waals surface area contributed by atoms with Crippen molar-refractivity contribution in [1.29, 1.82) is 0 Å². The van der Waals surface area contributed by atoms with E-state index in [0.717, 1.165) is 17.8 Å². The Bertz CT molecular complexity index is 1120. The number of amides is 1. The normalized spacial score (nSPS) is 10.8. The topological polar surface area (TPSA) is 69.8 Å². The molecule has 0 atom stereocenters. The number of rotatable bonds is 7.